The molecule has 20 heavy (non-hydrogen) atoms. The summed E-state index contributed by atoms with van der Waals surface area (Å²) in [5, 5.41) is 3.39. The van der Waals surface area contributed by atoms with Gasteiger partial charge in [-0.2, -0.15) is 0 Å². The van der Waals surface area contributed by atoms with Gasteiger partial charge in [-0.15, -0.1) is 0 Å². The molecule has 2 heterocycles. The Morgan fingerprint density at radius 1 is 1.30 bits per heavy atom. The molecule has 1 aromatic rings. The molecule has 0 saturated carbocycles. The van der Waals surface area contributed by atoms with Crippen molar-refractivity contribution >= 4 is 21.8 Å². The Morgan fingerprint density at radius 3 is 2.70 bits per heavy atom. The summed E-state index contributed by atoms with van der Waals surface area (Å²) in [6, 6.07) is 7.71. The number of ether oxygens (including phenoxy) is 1. The van der Waals surface area contributed by atoms with E-state index in [1.807, 2.05) is 29.2 Å². The van der Waals surface area contributed by atoms with Crippen LogP contribution in [0.2, 0.25) is 0 Å². The summed E-state index contributed by atoms with van der Waals surface area (Å²) in [6.07, 6.45) is 0.453. The highest BCUT2D eigenvalue weighted by Crippen LogP contribution is 2.27. The van der Waals surface area contributed by atoms with E-state index in [1.54, 1.807) is 0 Å². The fraction of sp³-hybridized carbons (Fsp3) is 0.533. The molecule has 1 N–H and O–H groups in total. The zero-order chi connectivity index (χ0) is 13.9. The van der Waals surface area contributed by atoms with Crippen LogP contribution in [0.4, 0.5) is 0 Å². The lowest BCUT2D eigenvalue weighted by Gasteiger charge is -2.17. The third-order valence-electron chi connectivity index (χ3n) is 4.15. The predicted molar refractivity (Wildman–Crippen MR) is 80.7 cm³/mol. The Hall–Kier alpha value is -1.07. The number of likely N-dealkylation sites (tertiary alicyclic amines) is 1. The maximum Gasteiger partial charge on any atom is 0.226 e. The lowest BCUT2D eigenvalue weighted by atomic mass is 10.0. The van der Waals surface area contributed by atoms with E-state index in [-0.39, 0.29) is 5.91 Å². The molecule has 2 aliphatic rings. The number of nitrogens with one attached hydrogen (secondary N) is 1. The van der Waals surface area contributed by atoms with Crippen molar-refractivity contribution in [3.8, 4) is 5.75 Å². The SMILES string of the molecule is O=C(CCOc1ccccc1Br)N1C[C@H]2CNC[C@H]2C1. The second kappa shape index (κ2) is 6.14. The summed E-state index contributed by atoms with van der Waals surface area (Å²) in [6.45, 7) is 4.37. The molecular weight excluding hydrogens is 320 g/mol. The quantitative estimate of drug-likeness (QED) is 0.911. The summed E-state index contributed by atoms with van der Waals surface area (Å²) in [5.41, 5.74) is 0. The largest absolute Gasteiger partial charge is 0.492 e. The summed E-state index contributed by atoms with van der Waals surface area (Å²) in [5.74, 6) is 2.32. The Bertz CT molecular complexity index is 483. The normalized spacial score (nSPS) is 24.8. The summed E-state index contributed by atoms with van der Waals surface area (Å²) in [4.78, 5) is 14.2. The van der Waals surface area contributed by atoms with Gasteiger partial charge in [-0.1, -0.05) is 12.1 Å². The van der Waals surface area contributed by atoms with Crippen molar-refractivity contribution in [3.63, 3.8) is 0 Å². The van der Waals surface area contributed by atoms with E-state index in [1.165, 1.54) is 0 Å². The Labute approximate surface area is 127 Å². The van der Waals surface area contributed by atoms with Gasteiger partial charge in [0, 0.05) is 26.2 Å². The Kier molecular flexibility index (Phi) is 4.27. The molecule has 108 valence electrons. The van der Waals surface area contributed by atoms with Crippen molar-refractivity contribution in [1.29, 1.82) is 0 Å². The average molecular weight is 339 g/mol. The highest BCUT2D eigenvalue weighted by Gasteiger charge is 2.37. The van der Waals surface area contributed by atoms with Crippen molar-refractivity contribution < 1.29 is 9.53 Å². The zero-order valence-corrected chi connectivity index (χ0v) is 12.9. The van der Waals surface area contributed by atoms with E-state index in [4.69, 9.17) is 4.74 Å². The van der Waals surface area contributed by atoms with E-state index in [0.717, 1.165) is 36.4 Å². The molecule has 0 spiro atoms. The number of carbonyl (C=O) groups is 1. The Balaban J connectivity index is 1.45. The minimum atomic E-state index is 0.214. The highest BCUT2D eigenvalue weighted by atomic mass is 79.9. The van der Waals surface area contributed by atoms with Crippen LogP contribution in [0.1, 0.15) is 6.42 Å². The van der Waals surface area contributed by atoms with Crippen molar-refractivity contribution in [1.82, 2.24) is 10.2 Å². The van der Waals surface area contributed by atoms with E-state index >= 15 is 0 Å². The first-order valence-electron chi connectivity index (χ1n) is 7.10. The van der Waals surface area contributed by atoms with Gasteiger partial charge < -0.3 is 15.0 Å². The second-order valence-corrected chi connectivity index (χ2v) is 6.36. The van der Waals surface area contributed by atoms with Crippen LogP contribution in [0.25, 0.3) is 0 Å². The predicted octanol–water partition coefficient (Wildman–Crippen LogP) is 1.90. The standard InChI is InChI=1S/C15H19BrN2O2/c16-13-3-1-2-4-14(13)20-6-5-15(19)18-9-11-7-17-8-12(11)10-18/h1-4,11-12,17H,5-10H2/t11-,12+. The molecule has 2 saturated heterocycles. The Morgan fingerprint density at radius 2 is 2.00 bits per heavy atom. The zero-order valence-electron chi connectivity index (χ0n) is 11.3. The van der Waals surface area contributed by atoms with Gasteiger partial charge in [0.25, 0.3) is 0 Å². The molecule has 0 radical (unpaired) electrons. The van der Waals surface area contributed by atoms with Crippen LogP contribution in [0.15, 0.2) is 28.7 Å². The molecule has 0 aliphatic carbocycles. The molecule has 2 fully saturated rings. The molecule has 1 aromatic carbocycles. The van der Waals surface area contributed by atoms with E-state index in [9.17, 15) is 4.79 Å². The lowest BCUT2D eigenvalue weighted by Crippen LogP contribution is -2.32. The number of hydrogen-bond acceptors (Lipinski definition) is 3. The van der Waals surface area contributed by atoms with E-state index < -0.39 is 0 Å². The molecule has 5 heteroatoms. The van der Waals surface area contributed by atoms with Crippen molar-refractivity contribution in [3.05, 3.63) is 28.7 Å². The number of carbonyl (C=O) groups excluding carboxylic acids is 1. The molecule has 0 aromatic heterocycles. The van der Waals surface area contributed by atoms with Crippen LogP contribution in [0.3, 0.4) is 0 Å². The maximum atomic E-state index is 12.2. The van der Waals surface area contributed by atoms with E-state index in [0.29, 0.717) is 24.9 Å². The number of hydrogen-bond donors (Lipinski definition) is 1. The van der Waals surface area contributed by atoms with Crippen LogP contribution < -0.4 is 10.1 Å². The topological polar surface area (TPSA) is 41.6 Å². The van der Waals surface area contributed by atoms with Crippen LogP contribution >= 0.6 is 15.9 Å². The van der Waals surface area contributed by atoms with Gasteiger partial charge >= 0.3 is 0 Å². The average Bonchev–Trinajstić information content (AvgIpc) is 3.01. The number of halogens is 1. The first-order valence-corrected chi connectivity index (χ1v) is 7.89. The minimum Gasteiger partial charge on any atom is -0.492 e. The third-order valence-corrected chi connectivity index (χ3v) is 4.81. The number of benzene rings is 1. The van der Waals surface area contributed by atoms with Crippen molar-refractivity contribution in [2.75, 3.05) is 32.8 Å². The number of rotatable bonds is 4. The van der Waals surface area contributed by atoms with Gasteiger partial charge in [-0.05, 0) is 39.9 Å². The number of fused-ring (bicyclic) bond motifs is 1. The fourth-order valence-electron chi connectivity index (χ4n) is 3.03. The minimum absolute atomic E-state index is 0.214. The van der Waals surface area contributed by atoms with Gasteiger partial charge in [0.1, 0.15) is 5.75 Å². The number of para-hydroxylation sites is 1. The molecule has 4 nitrogen and oxygen atoms in total. The lowest BCUT2D eigenvalue weighted by molar-refractivity contribution is -0.130. The fourth-order valence-corrected chi connectivity index (χ4v) is 3.43. The van der Waals surface area contributed by atoms with Crippen LogP contribution in [0.5, 0.6) is 5.75 Å². The van der Waals surface area contributed by atoms with Gasteiger partial charge in [0.05, 0.1) is 17.5 Å². The molecular formula is C15H19BrN2O2. The first kappa shape index (κ1) is 13.9. The van der Waals surface area contributed by atoms with Gasteiger partial charge in [0.15, 0.2) is 0 Å². The van der Waals surface area contributed by atoms with Crippen molar-refractivity contribution in [2.45, 2.75) is 6.42 Å². The summed E-state index contributed by atoms with van der Waals surface area (Å²) in [7, 11) is 0. The number of nitrogens with zero attached hydrogens (tertiary/aromatic N) is 1. The molecule has 0 bridgehead atoms. The van der Waals surface area contributed by atoms with E-state index in [2.05, 4.69) is 21.2 Å². The molecule has 3 rings (SSSR count). The summed E-state index contributed by atoms with van der Waals surface area (Å²) >= 11 is 3.44. The van der Waals surface area contributed by atoms with Gasteiger partial charge in [0.2, 0.25) is 5.91 Å². The van der Waals surface area contributed by atoms with Crippen molar-refractivity contribution in [2.24, 2.45) is 11.8 Å². The maximum absolute atomic E-state index is 12.2. The van der Waals surface area contributed by atoms with Crippen LogP contribution in [-0.4, -0.2) is 43.6 Å². The van der Waals surface area contributed by atoms with Gasteiger partial charge in [-0.3, -0.25) is 4.79 Å². The monoisotopic (exact) mass is 338 g/mol. The van der Waals surface area contributed by atoms with Crippen LogP contribution in [0, 0.1) is 11.8 Å². The summed E-state index contributed by atoms with van der Waals surface area (Å²) < 4.78 is 6.58. The number of amides is 1. The highest BCUT2D eigenvalue weighted by molar-refractivity contribution is 9.10. The molecule has 0 unspecified atom stereocenters. The molecule has 2 aliphatic heterocycles. The van der Waals surface area contributed by atoms with Gasteiger partial charge in [-0.25, -0.2) is 0 Å². The molecule has 2 atom stereocenters. The van der Waals surface area contributed by atoms with Crippen LogP contribution in [-0.2, 0) is 4.79 Å². The smallest absolute Gasteiger partial charge is 0.226 e. The second-order valence-electron chi connectivity index (χ2n) is 5.51. The third kappa shape index (κ3) is 2.99. The molecule has 1 amide bonds. The first-order chi connectivity index (χ1) is 9.74.